The molecule has 2 saturated carbocycles. The number of aromatic nitrogens is 1. The highest BCUT2D eigenvalue weighted by molar-refractivity contribution is 5.42. The summed E-state index contributed by atoms with van der Waals surface area (Å²) in [4.78, 5) is 3.99. The second-order valence-corrected chi connectivity index (χ2v) is 5.14. The molecule has 1 aromatic heterocycles. The van der Waals surface area contributed by atoms with Gasteiger partial charge in [0.05, 0.1) is 11.3 Å². The van der Waals surface area contributed by atoms with Gasteiger partial charge in [-0.1, -0.05) is 0 Å². The molecule has 2 aliphatic carbocycles. The van der Waals surface area contributed by atoms with E-state index in [0.29, 0.717) is 0 Å². The van der Waals surface area contributed by atoms with Crippen molar-refractivity contribution in [2.24, 2.45) is 5.73 Å². The maximum absolute atomic E-state index is 12.9. The van der Waals surface area contributed by atoms with Crippen molar-refractivity contribution in [3.63, 3.8) is 0 Å². The number of nitrogens with zero attached hydrogens (tertiary/aromatic N) is 1. The maximum atomic E-state index is 12.9. The van der Waals surface area contributed by atoms with Gasteiger partial charge in [0.25, 0.3) is 0 Å². The average Bonchev–Trinajstić information content (AvgIpc) is 3.12. The minimum absolute atomic E-state index is 0.160. The van der Waals surface area contributed by atoms with Gasteiger partial charge in [0, 0.05) is 17.2 Å². The molecule has 0 unspecified atom stereocenters. The lowest BCUT2D eigenvalue weighted by Crippen LogP contribution is -2.39. The summed E-state index contributed by atoms with van der Waals surface area (Å²) in [6.07, 6.45) is 0.149. The molecular weight excluding hydrogens is 229 g/mol. The van der Waals surface area contributed by atoms with Crippen LogP contribution in [0.4, 0.5) is 13.2 Å². The minimum atomic E-state index is -4.34. The van der Waals surface area contributed by atoms with Crippen LogP contribution in [0.1, 0.15) is 36.9 Å². The zero-order valence-corrected chi connectivity index (χ0v) is 9.22. The Labute approximate surface area is 97.0 Å². The number of alkyl halides is 3. The Morgan fingerprint density at radius 1 is 1.18 bits per heavy atom. The summed E-state index contributed by atoms with van der Waals surface area (Å²) in [5.74, 6) is 0. The quantitative estimate of drug-likeness (QED) is 0.865. The van der Waals surface area contributed by atoms with E-state index in [-0.39, 0.29) is 5.69 Å². The molecule has 0 spiro atoms. The molecule has 0 aliphatic heterocycles. The fraction of sp³-hybridized carbons (Fsp3) is 0.583. The Hall–Kier alpha value is -1.10. The first kappa shape index (κ1) is 11.0. The molecule has 2 aliphatic rings. The Morgan fingerprint density at radius 3 is 2.29 bits per heavy atom. The van der Waals surface area contributed by atoms with Gasteiger partial charge in [0.15, 0.2) is 0 Å². The van der Waals surface area contributed by atoms with Crippen LogP contribution in [0, 0.1) is 0 Å². The number of hydrogen-bond donors (Lipinski definition) is 1. The molecule has 0 atom stereocenters. The van der Waals surface area contributed by atoms with E-state index in [9.17, 15) is 13.2 Å². The van der Waals surface area contributed by atoms with Crippen LogP contribution in [0.25, 0.3) is 0 Å². The van der Waals surface area contributed by atoms with Gasteiger partial charge in [-0.15, -0.1) is 0 Å². The average molecular weight is 242 g/mol. The van der Waals surface area contributed by atoms with Gasteiger partial charge < -0.3 is 5.73 Å². The largest absolute Gasteiger partial charge is 0.418 e. The minimum Gasteiger partial charge on any atom is -0.324 e. The Morgan fingerprint density at radius 2 is 1.82 bits per heavy atom. The van der Waals surface area contributed by atoms with E-state index >= 15 is 0 Å². The Bertz CT molecular complexity index is 459. The molecule has 0 radical (unpaired) electrons. The number of rotatable bonds is 2. The van der Waals surface area contributed by atoms with E-state index in [1.165, 1.54) is 12.3 Å². The Kier molecular flexibility index (Phi) is 1.95. The van der Waals surface area contributed by atoms with Gasteiger partial charge in [0.1, 0.15) is 0 Å². The van der Waals surface area contributed by atoms with Crippen LogP contribution in [0.2, 0.25) is 0 Å². The summed E-state index contributed by atoms with van der Waals surface area (Å²) in [5.41, 5.74) is 4.71. The topological polar surface area (TPSA) is 38.9 Å². The summed E-state index contributed by atoms with van der Waals surface area (Å²) in [6, 6.07) is 2.44. The van der Waals surface area contributed by atoms with Crippen molar-refractivity contribution in [2.75, 3.05) is 0 Å². The molecule has 0 bridgehead atoms. The number of hydrogen-bond acceptors (Lipinski definition) is 2. The third-order valence-corrected chi connectivity index (χ3v) is 4.06. The van der Waals surface area contributed by atoms with Crippen molar-refractivity contribution >= 4 is 0 Å². The van der Waals surface area contributed by atoms with Gasteiger partial charge >= 0.3 is 6.18 Å². The monoisotopic (exact) mass is 242 g/mol. The zero-order chi connectivity index (χ0) is 12.3. The molecule has 0 amide bonds. The molecule has 2 N–H and O–H groups in total. The first-order valence-electron chi connectivity index (χ1n) is 5.71. The number of halogens is 3. The molecule has 2 nitrogen and oxygen atoms in total. The SMILES string of the molecule is NC1(C2(c3ncccc3C(F)(F)F)CC2)CC1. The third kappa shape index (κ3) is 1.48. The van der Waals surface area contributed by atoms with Crippen molar-refractivity contribution in [1.29, 1.82) is 0 Å². The van der Waals surface area contributed by atoms with Crippen LogP contribution in [-0.2, 0) is 11.6 Å². The fourth-order valence-corrected chi connectivity index (χ4v) is 2.72. The lowest BCUT2D eigenvalue weighted by Gasteiger charge is -2.25. The molecule has 1 heterocycles. The first-order valence-corrected chi connectivity index (χ1v) is 5.71. The van der Waals surface area contributed by atoms with Crippen molar-refractivity contribution in [1.82, 2.24) is 4.98 Å². The molecule has 0 aromatic carbocycles. The Balaban J connectivity index is 2.10. The normalized spacial score (nSPS) is 24.5. The van der Waals surface area contributed by atoms with Gasteiger partial charge in [-0.25, -0.2) is 0 Å². The van der Waals surface area contributed by atoms with E-state index in [1.807, 2.05) is 0 Å². The second-order valence-electron chi connectivity index (χ2n) is 5.14. The fourth-order valence-electron chi connectivity index (χ4n) is 2.72. The van der Waals surface area contributed by atoms with Crippen LogP contribution >= 0.6 is 0 Å². The van der Waals surface area contributed by atoms with Crippen LogP contribution in [0.15, 0.2) is 18.3 Å². The smallest absolute Gasteiger partial charge is 0.324 e. The summed E-state index contributed by atoms with van der Waals surface area (Å²) in [6.45, 7) is 0. The molecule has 2 fully saturated rings. The van der Waals surface area contributed by atoms with E-state index in [4.69, 9.17) is 5.73 Å². The van der Waals surface area contributed by atoms with E-state index in [2.05, 4.69) is 4.98 Å². The first-order chi connectivity index (χ1) is 7.89. The van der Waals surface area contributed by atoms with Gasteiger partial charge in [-0.3, -0.25) is 4.98 Å². The molecule has 17 heavy (non-hydrogen) atoms. The van der Waals surface area contributed by atoms with Crippen LogP contribution < -0.4 is 5.73 Å². The third-order valence-electron chi connectivity index (χ3n) is 4.06. The van der Waals surface area contributed by atoms with Crippen LogP contribution in [-0.4, -0.2) is 10.5 Å². The summed E-state index contributed by atoms with van der Waals surface area (Å²) >= 11 is 0. The van der Waals surface area contributed by atoms with E-state index in [0.717, 1.165) is 31.7 Å². The van der Waals surface area contributed by atoms with Crippen molar-refractivity contribution in [3.05, 3.63) is 29.6 Å². The van der Waals surface area contributed by atoms with E-state index in [1.54, 1.807) is 0 Å². The van der Waals surface area contributed by atoms with Crippen LogP contribution in [0.5, 0.6) is 0 Å². The highest BCUT2D eigenvalue weighted by atomic mass is 19.4. The zero-order valence-electron chi connectivity index (χ0n) is 9.22. The second kappa shape index (κ2) is 3.02. The lowest BCUT2D eigenvalue weighted by molar-refractivity contribution is -0.138. The van der Waals surface area contributed by atoms with Crippen molar-refractivity contribution < 1.29 is 13.2 Å². The van der Waals surface area contributed by atoms with E-state index < -0.39 is 22.7 Å². The summed E-state index contributed by atoms with van der Waals surface area (Å²) < 4.78 is 38.8. The van der Waals surface area contributed by atoms with Gasteiger partial charge in [0.2, 0.25) is 0 Å². The highest BCUT2D eigenvalue weighted by Crippen LogP contribution is 2.64. The number of nitrogens with two attached hydrogens (primary N) is 1. The molecule has 3 rings (SSSR count). The molecule has 5 heteroatoms. The van der Waals surface area contributed by atoms with Crippen molar-refractivity contribution in [3.8, 4) is 0 Å². The number of pyridine rings is 1. The van der Waals surface area contributed by atoms with Crippen molar-refractivity contribution in [2.45, 2.75) is 42.8 Å². The standard InChI is InChI=1S/C12H13F3N2/c13-12(14,15)8-2-1-7-17-9(8)10(3-4-10)11(16)5-6-11/h1-2,7H,3-6,16H2. The lowest BCUT2D eigenvalue weighted by atomic mass is 9.87. The maximum Gasteiger partial charge on any atom is 0.418 e. The highest BCUT2D eigenvalue weighted by Gasteiger charge is 2.66. The predicted octanol–water partition coefficient (Wildman–Crippen LogP) is 2.62. The molecule has 92 valence electrons. The molecule has 1 aromatic rings. The van der Waals surface area contributed by atoms with Crippen LogP contribution in [0.3, 0.4) is 0 Å². The van der Waals surface area contributed by atoms with Gasteiger partial charge in [-0.2, -0.15) is 13.2 Å². The van der Waals surface area contributed by atoms with Gasteiger partial charge in [-0.05, 0) is 37.8 Å². The molecular formula is C12H13F3N2. The molecule has 0 saturated heterocycles. The summed E-state index contributed by atoms with van der Waals surface area (Å²) in [7, 11) is 0. The summed E-state index contributed by atoms with van der Waals surface area (Å²) in [5, 5.41) is 0. The predicted molar refractivity (Wildman–Crippen MR) is 56.3 cm³/mol.